The number of carbonyl (C=O) groups is 1. The Bertz CT molecular complexity index is 181. The van der Waals surface area contributed by atoms with Gasteiger partial charge in [-0.2, -0.15) is 5.26 Å². The lowest BCUT2D eigenvalue weighted by Crippen LogP contribution is -2.14. The number of hydrogen-bond donors (Lipinski definition) is 0. The van der Waals surface area contributed by atoms with E-state index in [0.717, 1.165) is 6.42 Å². The maximum absolute atomic E-state index is 10.9. The number of nitriles is 1. The molecule has 3 nitrogen and oxygen atoms in total. The molecule has 1 unspecified atom stereocenters. The van der Waals surface area contributed by atoms with Crippen molar-refractivity contribution in [2.75, 3.05) is 7.11 Å². The van der Waals surface area contributed by atoms with E-state index in [1.54, 1.807) is 0 Å². The van der Waals surface area contributed by atoms with Gasteiger partial charge in [-0.25, -0.2) is 0 Å². The summed E-state index contributed by atoms with van der Waals surface area (Å²) < 4.78 is 4.47. The monoisotopic (exact) mass is 169 g/mol. The maximum atomic E-state index is 10.9. The van der Waals surface area contributed by atoms with Gasteiger partial charge in [-0.15, -0.1) is 0 Å². The number of carbonyl (C=O) groups excluding carboxylic acids is 1. The van der Waals surface area contributed by atoms with E-state index in [1.807, 2.05) is 6.07 Å². The van der Waals surface area contributed by atoms with Crippen molar-refractivity contribution in [2.24, 2.45) is 11.8 Å². The molecule has 0 saturated heterocycles. The van der Waals surface area contributed by atoms with E-state index < -0.39 is 11.9 Å². The summed E-state index contributed by atoms with van der Waals surface area (Å²) in [4.78, 5) is 10.9. The topological polar surface area (TPSA) is 50.1 Å². The Morgan fingerprint density at radius 2 is 2.08 bits per heavy atom. The summed E-state index contributed by atoms with van der Waals surface area (Å²) in [5.41, 5.74) is 0. The summed E-state index contributed by atoms with van der Waals surface area (Å²) in [5.74, 6) is -0.485. The van der Waals surface area contributed by atoms with Crippen LogP contribution in [0.1, 0.15) is 26.7 Å². The molecule has 0 saturated carbocycles. The summed E-state index contributed by atoms with van der Waals surface area (Å²) in [6.07, 6.45) is 1.48. The number of rotatable bonds is 4. The fraction of sp³-hybridized carbons (Fsp3) is 0.778. The molecule has 0 aliphatic heterocycles. The molecular formula is C9H15NO2. The van der Waals surface area contributed by atoms with Crippen LogP contribution in [0.2, 0.25) is 0 Å². The molecule has 0 heterocycles. The first-order valence-corrected chi connectivity index (χ1v) is 4.09. The summed E-state index contributed by atoms with van der Waals surface area (Å²) in [6.45, 7) is 4.12. The van der Waals surface area contributed by atoms with Crippen molar-refractivity contribution in [3.8, 4) is 6.07 Å². The van der Waals surface area contributed by atoms with Gasteiger partial charge in [-0.05, 0) is 18.8 Å². The lowest BCUT2D eigenvalue weighted by molar-refractivity contribution is -0.143. The number of methoxy groups -OCH3 is 1. The zero-order valence-electron chi connectivity index (χ0n) is 7.83. The van der Waals surface area contributed by atoms with E-state index in [2.05, 4.69) is 18.6 Å². The first-order chi connectivity index (χ1) is 5.61. The molecule has 0 bridgehead atoms. The highest BCUT2D eigenvalue weighted by molar-refractivity contribution is 5.74. The van der Waals surface area contributed by atoms with Crippen LogP contribution in [0.5, 0.6) is 0 Å². The average Bonchev–Trinajstić information content (AvgIpc) is 2.04. The second kappa shape index (κ2) is 5.59. The van der Waals surface area contributed by atoms with Crippen LogP contribution < -0.4 is 0 Å². The smallest absolute Gasteiger partial charge is 0.323 e. The molecule has 0 spiro atoms. The third-order valence-electron chi connectivity index (χ3n) is 1.67. The number of esters is 1. The van der Waals surface area contributed by atoms with Crippen LogP contribution in [0.15, 0.2) is 0 Å². The molecule has 0 N–H and O–H groups in total. The third-order valence-corrected chi connectivity index (χ3v) is 1.67. The molecule has 0 radical (unpaired) electrons. The Labute approximate surface area is 73.3 Å². The number of nitrogens with zero attached hydrogens (tertiary/aromatic N) is 1. The number of ether oxygens (including phenoxy) is 1. The second-order valence-electron chi connectivity index (χ2n) is 3.18. The zero-order chi connectivity index (χ0) is 9.56. The Morgan fingerprint density at radius 3 is 2.42 bits per heavy atom. The van der Waals surface area contributed by atoms with Crippen molar-refractivity contribution < 1.29 is 9.53 Å². The Kier molecular flexibility index (Phi) is 5.11. The molecule has 0 amide bonds. The van der Waals surface area contributed by atoms with Gasteiger partial charge in [0.15, 0.2) is 0 Å². The largest absolute Gasteiger partial charge is 0.468 e. The van der Waals surface area contributed by atoms with Crippen LogP contribution in [0.25, 0.3) is 0 Å². The minimum Gasteiger partial charge on any atom is -0.468 e. The Morgan fingerprint density at radius 1 is 1.50 bits per heavy atom. The van der Waals surface area contributed by atoms with Gasteiger partial charge in [0.05, 0.1) is 13.2 Å². The van der Waals surface area contributed by atoms with Gasteiger partial charge in [0, 0.05) is 0 Å². The first-order valence-electron chi connectivity index (χ1n) is 4.09. The van der Waals surface area contributed by atoms with Crippen LogP contribution in [0.3, 0.4) is 0 Å². The highest BCUT2D eigenvalue weighted by Gasteiger charge is 2.17. The molecule has 0 aliphatic rings. The molecule has 1 atom stereocenters. The Balaban J connectivity index is 3.86. The zero-order valence-corrected chi connectivity index (χ0v) is 7.83. The van der Waals surface area contributed by atoms with E-state index in [4.69, 9.17) is 5.26 Å². The minimum atomic E-state index is -0.586. The quantitative estimate of drug-likeness (QED) is 0.602. The predicted molar refractivity (Wildman–Crippen MR) is 45.2 cm³/mol. The summed E-state index contributed by atoms with van der Waals surface area (Å²) >= 11 is 0. The van der Waals surface area contributed by atoms with E-state index in [1.165, 1.54) is 7.11 Å². The van der Waals surface area contributed by atoms with Gasteiger partial charge in [-0.1, -0.05) is 13.8 Å². The molecule has 0 aromatic rings. The fourth-order valence-corrected chi connectivity index (χ4v) is 0.877. The maximum Gasteiger partial charge on any atom is 0.323 e. The van der Waals surface area contributed by atoms with Gasteiger partial charge in [0.25, 0.3) is 0 Å². The molecule has 0 rings (SSSR count). The molecule has 3 heteroatoms. The van der Waals surface area contributed by atoms with Crippen molar-refractivity contribution in [1.82, 2.24) is 0 Å². The number of hydrogen-bond acceptors (Lipinski definition) is 3. The predicted octanol–water partition coefficient (Wildman–Crippen LogP) is 1.74. The molecule has 0 aromatic heterocycles. The summed E-state index contributed by atoms with van der Waals surface area (Å²) in [5, 5.41) is 8.59. The van der Waals surface area contributed by atoms with Crippen molar-refractivity contribution in [2.45, 2.75) is 26.7 Å². The van der Waals surface area contributed by atoms with Crippen molar-refractivity contribution in [3.05, 3.63) is 0 Å². The molecule has 68 valence electrons. The highest BCUT2D eigenvalue weighted by atomic mass is 16.5. The standard InChI is InChI=1S/C9H15NO2/c1-7(2)4-5-8(6-10)9(11)12-3/h7-8H,4-5H2,1-3H3. The molecule has 0 aromatic carbocycles. The molecule has 0 fully saturated rings. The van der Waals surface area contributed by atoms with Crippen LogP contribution in [-0.2, 0) is 9.53 Å². The normalized spacial score (nSPS) is 12.2. The summed E-state index contributed by atoms with van der Waals surface area (Å²) in [7, 11) is 1.31. The van der Waals surface area contributed by atoms with Crippen LogP contribution in [-0.4, -0.2) is 13.1 Å². The van der Waals surface area contributed by atoms with E-state index >= 15 is 0 Å². The van der Waals surface area contributed by atoms with Crippen molar-refractivity contribution >= 4 is 5.97 Å². The minimum absolute atomic E-state index is 0.418. The van der Waals surface area contributed by atoms with Gasteiger partial charge >= 0.3 is 5.97 Å². The van der Waals surface area contributed by atoms with Crippen LogP contribution in [0, 0.1) is 23.2 Å². The molecule has 12 heavy (non-hydrogen) atoms. The van der Waals surface area contributed by atoms with Gasteiger partial charge < -0.3 is 4.74 Å². The van der Waals surface area contributed by atoms with Gasteiger partial charge in [0.2, 0.25) is 0 Å². The SMILES string of the molecule is COC(=O)C(C#N)CCC(C)C. The lowest BCUT2D eigenvalue weighted by Gasteiger charge is -2.07. The molecular weight excluding hydrogens is 154 g/mol. The lowest BCUT2D eigenvalue weighted by atomic mass is 9.99. The average molecular weight is 169 g/mol. The van der Waals surface area contributed by atoms with Gasteiger partial charge in [-0.3, -0.25) is 4.79 Å². The van der Waals surface area contributed by atoms with Crippen molar-refractivity contribution in [3.63, 3.8) is 0 Å². The van der Waals surface area contributed by atoms with Crippen LogP contribution >= 0.6 is 0 Å². The van der Waals surface area contributed by atoms with Gasteiger partial charge in [0.1, 0.15) is 5.92 Å². The third kappa shape index (κ3) is 3.97. The summed E-state index contributed by atoms with van der Waals surface area (Å²) in [6, 6.07) is 1.93. The first kappa shape index (κ1) is 11.0. The van der Waals surface area contributed by atoms with E-state index in [-0.39, 0.29) is 0 Å². The fourth-order valence-electron chi connectivity index (χ4n) is 0.877. The highest BCUT2D eigenvalue weighted by Crippen LogP contribution is 2.12. The van der Waals surface area contributed by atoms with Crippen molar-refractivity contribution in [1.29, 1.82) is 5.26 Å². The molecule has 0 aliphatic carbocycles. The van der Waals surface area contributed by atoms with E-state index in [9.17, 15) is 4.79 Å². The second-order valence-corrected chi connectivity index (χ2v) is 3.18. The Hall–Kier alpha value is -1.04. The van der Waals surface area contributed by atoms with Crippen LogP contribution in [0.4, 0.5) is 0 Å². The van der Waals surface area contributed by atoms with E-state index in [0.29, 0.717) is 12.3 Å².